The Kier molecular flexibility index (Phi) is 6.11. The van der Waals surface area contributed by atoms with Crippen molar-refractivity contribution in [2.24, 2.45) is 0 Å². The third-order valence-corrected chi connectivity index (χ3v) is 6.61. The second-order valence-electron chi connectivity index (χ2n) is 9.12. The number of piperidine rings is 1. The molecule has 8 nitrogen and oxygen atoms in total. The van der Waals surface area contributed by atoms with E-state index in [0.717, 1.165) is 78.6 Å². The third-order valence-electron chi connectivity index (χ3n) is 6.61. The van der Waals surface area contributed by atoms with Crippen molar-refractivity contribution in [3.05, 3.63) is 60.9 Å². The minimum Gasteiger partial charge on any atom is -0.490 e. The summed E-state index contributed by atoms with van der Waals surface area (Å²) in [5, 5.41) is 7.67. The molecule has 0 amide bonds. The Bertz CT molecular complexity index is 1300. The van der Waals surface area contributed by atoms with E-state index in [4.69, 9.17) is 14.7 Å². The normalized spacial score (nSPS) is 16.5. The van der Waals surface area contributed by atoms with Gasteiger partial charge in [-0.1, -0.05) is 6.07 Å². The van der Waals surface area contributed by atoms with Crippen LogP contribution in [0.25, 0.3) is 22.2 Å². The smallest absolute Gasteiger partial charge is 0.227 e. The van der Waals surface area contributed by atoms with E-state index in [1.165, 1.54) is 12.8 Å². The summed E-state index contributed by atoms with van der Waals surface area (Å²) in [5.74, 6) is 2.27. The molecule has 2 N–H and O–H groups in total. The van der Waals surface area contributed by atoms with Gasteiger partial charge < -0.3 is 20.3 Å². The maximum atomic E-state index is 6.10. The number of nitrogens with one attached hydrogen (secondary N) is 2. The van der Waals surface area contributed by atoms with E-state index in [9.17, 15) is 0 Å². The SMILES string of the molecule is c1cc(-c2ccc3nc(N4CCCC4)ncc3c2)nc(Nc2ccc(OC3CCNCC3)cc2)n1. The van der Waals surface area contributed by atoms with Crippen molar-refractivity contribution in [3.63, 3.8) is 0 Å². The van der Waals surface area contributed by atoms with E-state index < -0.39 is 0 Å². The number of fused-ring (bicyclic) bond motifs is 1. The predicted molar refractivity (Wildman–Crippen MR) is 138 cm³/mol. The lowest BCUT2D eigenvalue weighted by atomic mass is 10.1. The lowest BCUT2D eigenvalue weighted by molar-refractivity contribution is 0.162. The van der Waals surface area contributed by atoms with Gasteiger partial charge in [-0.2, -0.15) is 0 Å². The van der Waals surface area contributed by atoms with Crippen LogP contribution in [-0.2, 0) is 0 Å². The topological polar surface area (TPSA) is 88.1 Å². The van der Waals surface area contributed by atoms with Crippen LogP contribution < -0.4 is 20.3 Å². The number of aromatic nitrogens is 4. The van der Waals surface area contributed by atoms with Crippen LogP contribution in [0.3, 0.4) is 0 Å². The number of rotatable bonds is 6. The summed E-state index contributed by atoms with van der Waals surface area (Å²) in [4.78, 5) is 20.8. The molecule has 2 saturated heterocycles. The monoisotopic (exact) mass is 467 g/mol. The molecule has 35 heavy (non-hydrogen) atoms. The molecule has 2 aliphatic heterocycles. The lowest BCUT2D eigenvalue weighted by Gasteiger charge is -2.23. The summed E-state index contributed by atoms with van der Waals surface area (Å²) < 4.78 is 6.10. The van der Waals surface area contributed by atoms with Crippen molar-refractivity contribution in [2.45, 2.75) is 31.8 Å². The predicted octanol–water partition coefficient (Wildman–Crippen LogP) is 4.56. The van der Waals surface area contributed by atoms with Crippen molar-refractivity contribution in [1.82, 2.24) is 25.3 Å². The van der Waals surface area contributed by atoms with Crippen LogP contribution in [0.15, 0.2) is 60.9 Å². The molecular weight excluding hydrogens is 438 g/mol. The molecule has 0 saturated carbocycles. The largest absolute Gasteiger partial charge is 0.490 e. The summed E-state index contributed by atoms with van der Waals surface area (Å²) in [7, 11) is 0. The second kappa shape index (κ2) is 9.84. The zero-order valence-corrected chi connectivity index (χ0v) is 19.7. The molecule has 4 heterocycles. The summed E-state index contributed by atoms with van der Waals surface area (Å²) in [6, 6.07) is 16.1. The zero-order chi connectivity index (χ0) is 23.5. The standard InChI is InChI=1S/C27H29N7O/c1-2-16-34(15-1)27-30-18-20-17-19(3-8-24(20)33-27)25-11-14-29-26(32-25)31-21-4-6-22(7-5-21)35-23-9-12-28-13-10-23/h3-8,11,14,17-18,23,28H,1-2,9-10,12-13,15-16H2,(H,29,31,32). The van der Waals surface area contributed by atoms with Gasteiger partial charge in [0.15, 0.2) is 0 Å². The summed E-state index contributed by atoms with van der Waals surface area (Å²) in [5.41, 5.74) is 3.72. The molecule has 2 aliphatic rings. The number of ether oxygens (including phenoxy) is 1. The molecule has 0 unspecified atom stereocenters. The lowest BCUT2D eigenvalue weighted by Crippen LogP contribution is -2.34. The van der Waals surface area contributed by atoms with Gasteiger partial charge in [0.05, 0.1) is 11.2 Å². The van der Waals surface area contributed by atoms with Crippen LogP contribution >= 0.6 is 0 Å². The van der Waals surface area contributed by atoms with E-state index >= 15 is 0 Å². The van der Waals surface area contributed by atoms with E-state index in [1.807, 2.05) is 42.6 Å². The van der Waals surface area contributed by atoms with Gasteiger partial charge >= 0.3 is 0 Å². The van der Waals surface area contributed by atoms with Crippen molar-refractivity contribution in [1.29, 1.82) is 0 Å². The molecule has 2 aromatic carbocycles. The van der Waals surface area contributed by atoms with Crippen molar-refractivity contribution in [2.75, 3.05) is 36.4 Å². The fourth-order valence-electron chi connectivity index (χ4n) is 4.68. The zero-order valence-electron chi connectivity index (χ0n) is 19.7. The molecule has 8 heteroatoms. The highest BCUT2D eigenvalue weighted by Crippen LogP contribution is 2.26. The molecular formula is C27H29N7O. The quantitative estimate of drug-likeness (QED) is 0.427. The fraction of sp³-hybridized carbons (Fsp3) is 0.333. The van der Waals surface area contributed by atoms with Crippen LogP contribution in [0.5, 0.6) is 5.75 Å². The molecule has 0 spiro atoms. The Balaban J connectivity index is 1.16. The van der Waals surface area contributed by atoms with E-state index in [1.54, 1.807) is 6.20 Å². The highest BCUT2D eigenvalue weighted by Gasteiger charge is 2.16. The van der Waals surface area contributed by atoms with Gasteiger partial charge in [-0.05, 0) is 81.2 Å². The first-order valence-corrected chi connectivity index (χ1v) is 12.4. The maximum absolute atomic E-state index is 6.10. The highest BCUT2D eigenvalue weighted by molar-refractivity contribution is 5.84. The van der Waals surface area contributed by atoms with Crippen molar-refractivity contribution in [3.8, 4) is 17.0 Å². The van der Waals surface area contributed by atoms with E-state index in [2.05, 4.69) is 37.6 Å². The summed E-state index contributed by atoms with van der Waals surface area (Å²) >= 11 is 0. The van der Waals surface area contributed by atoms with Gasteiger partial charge in [-0.15, -0.1) is 0 Å². The Hall–Kier alpha value is -3.78. The molecule has 0 atom stereocenters. The second-order valence-corrected chi connectivity index (χ2v) is 9.12. The number of hydrogen-bond acceptors (Lipinski definition) is 8. The Labute approximate surface area is 204 Å². The molecule has 0 bridgehead atoms. The average molecular weight is 468 g/mol. The van der Waals surface area contributed by atoms with E-state index in [-0.39, 0.29) is 6.10 Å². The van der Waals surface area contributed by atoms with Gasteiger partial charge in [0.2, 0.25) is 11.9 Å². The van der Waals surface area contributed by atoms with Crippen LogP contribution in [-0.4, -0.2) is 52.2 Å². The first kappa shape index (κ1) is 21.7. The third kappa shape index (κ3) is 5.02. The van der Waals surface area contributed by atoms with Crippen molar-refractivity contribution < 1.29 is 4.74 Å². The molecule has 0 radical (unpaired) electrons. The number of nitrogens with zero attached hydrogens (tertiary/aromatic N) is 5. The summed E-state index contributed by atoms with van der Waals surface area (Å²) in [6.45, 7) is 4.10. The Morgan fingerprint density at radius 3 is 2.57 bits per heavy atom. The minimum atomic E-state index is 0.286. The molecule has 4 aromatic rings. The van der Waals surface area contributed by atoms with Crippen molar-refractivity contribution >= 4 is 28.5 Å². The van der Waals surface area contributed by atoms with Crippen LogP contribution in [0.4, 0.5) is 17.6 Å². The van der Waals surface area contributed by atoms with Gasteiger partial charge in [0, 0.05) is 42.1 Å². The molecule has 0 aliphatic carbocycles. The fourth-order valence-corrected chi connectivity index (χ4v) is 4.68. The molecule has 178 valence electrons. The minimum absolute atomic E-state index is 0.286. The number of hydrogen-bond donors (Lipinski definition) is 2. The first-order valence-electron chi connectivity index (χ1n) is 12.4. The summed E-state index contributed by atoms with van der Waals surface area (Å²) in [6.07, 6.45) is 8.47. The highest BCUT2D eigenvalue weighted by atomic mass is 16.5. The molecule has 2 aromatic heterocycles. The van der Waals surface area contributed by atoms with E-state index in [0.29, 0.717) is 5.95 Å². The van der Waals surface area contributed by atoms with Crippen LogP contribution in [0.2, 0.25) is 0 Å². The maximum Gasteiger partial charge on any atom is 0.227 e. The molecule has 2 fully saturated rings. The van der Waals surface area contributed by atoms with Gasteiger partial charge in [-0.3, -0.25) is 0 Å². The average Bonchev–Trinajstić information content (AvgIpc) is 3.45. The number of anilines is 3. The number of benzene rings is 2. The van der Waals surface area contributed by atoms with Crippen LogP contribution in [0.1, 0.15) is 25.7 Å². The molecule has 6 rings (SSSR count). The van der Waals surface area contributed by atoms with Gasteiger partial charge in [0.1, 0.15) is 11.9 Å². The van der Waals surface area contributed by atoms with Gasteiger partial charge in [-0.25, -0.2) is 19.9 Å². The van der Waals surface area contributed by atoms with Gasteiger partial charge in [0.25, 0.3) is 0 Å². The first-order chi connectivity index (χ1) is 17.3. The Morgan fingerprint density at radius 1 is 0.914 bits per heavy atom. The Morgan fingerprint density at radius 2 is 1.74 bits per heavy atom. The van der Waals surface area contributed by atoms with Crippen LogP contribution in [0, 0.1) is 0 Å².